The van der Waals surface area contributed by atoms with Crippen LogP contribution in [0.1, 0.15) is 44.0 Å². The van der Waals surface area contributed by atoms with E-state index in [0.717, 1.165) is 10.7 Å². The molecule has 0 amide bonds. The van der Waals surface area contributed by atoms with E-state index in [1.807, 2.05) is 6.07 Å². The number of aryl methyl sites for hydroxylation is 1. The molecule has 3 heterocycles. The molecule has 4 rings (SSSR count). The molecule has 0 bridgehead atoms. The first-order valence-electron chi connectivity index (χ1n) is 11.5. The monoisotopic (exact) mass is 580 g/mol. The minimum atomic E-state index is -4.65. The fourth-order valence-corrected chi connectivity index (χ4v) is 6.03. The van der Waals surface area contributed by atoms with Gasteiger partial charge in [-0.25, -0.2) is 18.1 Å². The molecule has 0 spiro atoms. The first-order chi connectivity index (χ1) is 18.3. The Balaban J connectivity index is 1.70. The van der Waals surface area contributed by atoms with Crippen molar-refractivity contribution in [3.8, 4) is 17.8 Å². The number of nitriles is 1. The van der Waals surface area contributed by atoms with Gasteiger partial charge in [-0.3, -0.25) is 9.59 Å². The fraction of sp³-hybridized carbons (Fsp3) is 0.320. The number of halogens is 4. The van der Waals surface area contributed by atoms with Crippen LogP contribution >= 0.6 is 11.6 Å². The Morgan fingerprint density at radius 3 is 2.56 bits per heavy atom. The average molecular weight is 581 g/mol. The van der Waals surface area contributed by atoms with Gasteiger partial charge in [0.25, 0.3) is 0 Å². The van der Waals surface area contributed by atoms with Gasteiger partial charge in [0.15, 0.2) is 33.8 Å². The first kappa shape index (κ1) is 28.3. The number of hydrogen-bond acceptors (Lipinski definition) is 8. The van der Waals surface area contributed by atoms with Crippen LogP contribution in [0.3, 0.4) is 0 Å². The number of pyridine rings is 1. The lowest BCUT2D eigenvalue weighted by Crippen LogP contribution is -2.37. The van der Waals surface area contributed by atoms with Crippen molar-refractivity contribution in [2.24, 2.45) is 5.92 Å². The normalized spacial score (nSPS) is 14.9. The summed E-state index contributed by atoms with van der Waals surface area (Å²) in [5.74, 6) is -2.17. The van der Waals surface area contributed by atoms with Crippen LogP contribution in [-0.2, 0) is 16.3 Å². The summed E-state index contributed by atoms with van der Waals surface area (Å²) in [6.07, 6.45) is -3.75. The summed E-state index contributed by atoms with van der Waals surface area (Å²) < 4.78 is 66.9. The van der Waals surface area contributed by atoms with Crippen molar-refractivity contribution < 1.29 is 35.9 Å². The molecule has 1 fully saturated rings. The van der Waals surface area contributed by atoms with Crippen molar-refractivity contribution in [1.29, 1.82) is 5.26 Å². The number of Topliss-reactive ketones (excluding diaryl/α,β-unsaturated/α-hetero) is 2. The summed E-state index contributed by atoms with van der Waals surface area (Å²) in [7, 11) is -3.16. The molecule has 0 unspecified atom stereocenters. The zero-order valence-corrected chi connectivity index (χ0v) is 21.9. The summed E-state index contributed by atoms with van der Waals surface area (Å²) in [6, 6.07) is 8.80. The van der Waals surface area contributed by atoms with Gasteiger partial charge in [-0.2, -0.15) is 18.4 Å². The second kappa shape index (κ2) is 10.8. The Morgan fingerprint density at radius 2 is 1.95 bits per heavy atom. The molecular weight excluding hydrogens is 561 g/mol. The number of aromatic nitrogens is 3. The van der Waals surface area contributed by atoms with E-state index < -0.39 is 40.1 Å². The average Bonchev–Trinajstić information content (AvgIpc) is 3.26. The van der Waals surface area contributed by atoms with Crippen LogP contribution < -0.4 is 4.74 Å². The van der Waals surface area contributed by atoms with Crippen LogP contribution in [0, 0.1) is 24.2 Å². The SMILES string of the molecule is Cc1cc(C#N)cc(C(=O)CC2CS(=O)(=O)C2)c1CC(=O)c1cc(OCC(F)(F)F)nn1-c1ncccc1Cl. The molecule has 0 radical (unpaired) electrons. The number of carbonyl (C=O) groups is 2. The number of sulfone groups is 1. The van der Waals surface area contributed by atoms with Gasteiger partial charge in [-0.15, -0.1) is 5.10 Å². The minimum Gasteiger partial charge on any atom is -0.467 e. The van der Waals surface area contributed by atoms with Gasteiger partial charge in [0.05, 0.1) is 28.2 Å². The minimum absolute atomic E-state index is 0.0246. The van der Waals surface area contributed by atoms with Gasteiger partial charge in [-0.05, 0) is 48.2 Å². The Kier molecular flexibility index (Phi) is 7.81. The van der Waals surface area contributed by atoms with Gasteiger partial charge in [0.1, 0.15) is 5.69 Å². The maximum absolute atomic E-state index is 13.5. The molecule has 0 aliphatic carbocycles. The number of carbonyl (C=O) groups excluding carboxylic acids is 2. The predicted molar refractivity (Wildman–Crippen MR) is 133 cm³/mol. The molecule has 1 aliphatic heterocycles. The molecule has 0 saturated carbocycles. The van der Waals surface area contributed by atoms with Crippen LogP contribution in [0.2, 0.25) is 5.02 Å². The Labute approximate surface area is 226 Å². The van der Waals surface area contributed by atoms with Crippen LogP contribution in [0.4, 0.5) is 13.2 Å². The second-order valence-corrected chi connectivity index (χ2v) is 11.7. The molecule has 39 heavy (non-hydrogen) atoms. The third kappa shape index (κ3) is 6.63. The van der Waals surface area contributed by atoms with Gasteiger partial charge in [-0.1, -0.05) is 11.6 Å². The summed E-state index contributed by atoms with van der Waals surface area (Å²) in [5, 5.41) is 13.4. The van der Waals surface area contributed by atoms with E-state index >= 15 is 0 Å². The molecule has 0 atom stereocenters. The summed E-state index contributed by atoms with van der Waals surface area (Å²) in [4.78, 5) is 30.7. The number of alkyl halides is 3. The third-order valence-corrected chi connectivity index (χ3v) is 8.24. The van der Waals surface area contributed by atoms with Crippen LogP contribution in [0.15, 0.2) is 36.5 Å². The summed E-state index contributed by atoms with van der Waals surface area (Å²) in [5.41, 5.74) is 0.840. The second-order valence-electron chi connectivity index (χ2n) is 9.09. The van der Waals surface area contributed by atoms with Crippen LogP contribution in [0.5, 0.6) is 5.88 Å². The maximum Gasteiger partial charge on any atom is 0.422 e. The van der Waals surface area contributed by atoms with Crippen molar-refractivity contribution in [2.75, 3.05) is 18.1 Å². The molecular formula is C25H20ClF3N4O5S. The standard InChI is InChI=1S/C25H20ClF3N4O5S/c1-14-5-15(10-30)6-18(21(34)7-16-11-39(36,37)12-16)17(14)8-22(35)20-9-23(38-13-25(27,28)29)32-33(20)24-19(26)3-2-4-31-24/h2-6,9,16H,7-8,11-13H2,1H3. The molecule has 9 nitrogen and oxygen atoms in total. The van der Waals surface area contributed by atoms with E-state index in [9.17, 15) is 36.4 Å². The fourth-order valence-electron chi connectivity index (χ4n) is 4.25. The van der Waals surface area contributed by atoms with Gasteiger partial charge in [0, 0.05) is 30.7 Å². The van der Waals surface area contributed by atoms with Gasteiger partial charge in [0.2, 0.25) is 5.88 Å². The molecule has 1 saturated heterocycles. The van der Waals surface area contributed by atoms with Crippen molar-refractivity contribution in [1.82, 2.24) is 14.8 Å². The predicted octanol–water partition coefficient (Wildman–Crippen LogP) is 4.08. The van der Waals surface area contributed by atoms with E-state index in [1.165, 1.54) is 30.5 Å². The molecule has 1 aromatic carbocycles. The lowest BCUT2D eigenvalue weighted by molar-refractivity contribution is -0.154. The molecule has 14 heteroatoms. The highest BCUT2D eigenvalue weighted by molar-refractivity contribution is 7.92. The Hall–Kier alpha value is -3.76. The first-order valence-corrected chi connectivity index (χ1v) is 13.7. The number of nitrogens with zero attached hydrogens (tertiary/aromatic N) is 4. The van der Waals surface area contributed by atoms with Gasteiger partial charge >= 0.3 is 6.18 Å². The Morgan fingerprint density at radius 1 is 1.23 bits per heavy atom. The lowest BCUT2D eigenvalue weighted by atomic mass is 9.89. The molecule has 204 valence electrons. The quantitative estimate of drug-likeness (QED) is 0.346. The maximum atomic E-state index is 13.5. The van der Waals surface area contributed by atoms with E-state index in [-0.39, 0.29) is 57.9 Å². The number of ether oxygens (including phenoxy) is 1. The summed E-state index contributed by atoms with van der Waals surface area (Å²) >= 11 is 6.19. The zero-order valence-electron chi connectivity index (χ0n) is 20.3. The highest BCUT2D eigenvalue weighted by Crippen LogP contribution is 2.29. The smallest absolute Gasteiger partial charge is 0.422 e. The van der Waals surface area contributed by atoms with Crippen molar-refractivity contribution >= 4 is 33.0 Å². The number of benzene rings is 1. The van der Waals surface area contributed by atoms with Crippen molar-refractivity contribution in [3.05, 3.63) is 69.5 Å². The molecule has 1 aliphatic rings. The third-order valence-electron chi connectivity index (χ3n) is 5.99. The topological polar surface area (TPSA) is 132 Å². The van der Waals surface area contributed by atoms with Crippen molar-refractivity contribution in [2.45, 2.75) is 25.9 Å². The van der Waals surface area contributed by atoms with E-state index in [0.29, 0.717) is 11.1 Å². The highest BCUT2D eigenvalue weighted by Gasteiger charge is 2.35. The molecule has 3 aromatic rings. The number of hydrogen-bond donors (Lipinski definition) is 0. The molecule has 2 aromatic heterocycles. The number of ketones is 2. The Bertz CT molecular complexity index is 1600. The molecule has 0 N–H and O–H groups in total. The highest BCUT2D eigenvalue weighted by atomic mass is 35.5. The van der Waals surface area contributed by atoms with E-state index in [1.54, 1.807) is 6.92 Å². The lowest BCUT2D eigenvalue weighted by Gasteiger charge is -2.25. The summed E-state index contributed by atoms with van der Waals surface area (Å²) in [6.45, 7) is -0.0311. The zero-order chi connectivity index (χ0) is 28.5. The van der Waals surface area contributed by atoms with E-state index in [4.69, 9.17) is 16.3 Å². The largest absolute Gasteiger partial charge is 0.467 e. The van der Waals surface area contributed by atoms with E-state index in [2.05, 4.69) is 10.1 Å². The van der Waals surface area contributed by atoms with Gasteiger partial charge < -0.3 is 4.74 Å². The number of rotatable bonds is 9. The van der Waals surface area contributed by atoms with Crippen molar-refractivity contribution in [3.63, 3.8) is 0 Å². The van der Waals surface area contributed by atoms with Crippen LogP contribution in [0.25, 0.3) is 5.82 Å². The van der Waals surface area contributed by atoms with Crippen LogP contribution in [-0.4, -0.2) is 59.0 Å².